The predicted molar refractivity (Wildman–Crippen MR) is 306 cm³/mol. The second kappa shape index (κ2) is 25.1. The lowest BCUT2D eigenvalue weighted by Crippen LogP contribution is -2.61. The average molecular weight is 1170 g/mol. The van der Waals surface area contributed by atoms with Crippen molar-refractivity contribution in [3.8, 4) is 0 Å². The minimum atomic E-state index is -2.25. The van der Waals surface area contributed by atoms with Crippen molar-refractivity contribution in [2.45, 2.75) is 304 Å². The van der Waals surface area contributed by atoms with E-state index in [4.69, 9.17) is 51.2 Å². The lowest BCUT2D eigenvalue weighted by Gasteiger charge is -2.47. The number of carbonyl (C=O) groups is 1. The number of rotatable bonds is 27. The lowest BCUT2D eigenvalue weighted by molar-refractivity contribution is -0.292. The molecule has 0 aromatic rings. The minimum Gasteiger partial charge on any atom is -0.417 e. The van der Waals surface area contributed by atoms with Gasteiger partial charge in [0.2, 0.25) is 0 Å². The molecule has 18 atom stereocenters. The van der Waals surface area contributed by atoms with E-state index in [1.165, 1.54) is 0 Å². The van der Waals surface area contributed by atoms with Crippen molar-refractivity contribution in [2.75, 3.05) is 20.3 Å². The first-order chi connectivity index (χ1) is 35.1. The molecular weight excluding hydrogens is 1070 g/mol. The van der Waals surface area contributed by atoms with Crippen LogP contribution in [0.3, 0.4) is 0 Å². The van der Waals surface area contributed by atoms with Gasteiger partial charge >= 0.3 is 0 Å². The maximum atomic E-state index is 14.8. The van der Waals surface area contributed by atoms with Crippen LogP contribution in [0.15, 0.2) is 23.2 Å². The molecule has 17 heteroatoms. The van der Waals surface area contributed by atoms with Crippen molar-refractivity contribution in [3.05, 3.63) is 23.2 Å². The average Bonchev–Trinajstić information content (AvgIpc) is 3.89. The Morgan fingerprint density at radius 2 is 1.48 bits per heavy atom. The molecule has 6 bridgehead atoms. The molecule has 8 rings (SSSR count). The summed E-state index contributed by atoms with van der Waals surface area (Å²) >= 11 is 3.40. The first-order valence-corrected chi connectivity index (χ1v) is 38.5. The molecule has 0 aromatic heterocycles. The molecule has 0 saturated carbocycles. The lowest BCUT2D eigenvalue weighted by atomic mass is 9.81. The van der Waals surface area contributed by atoms with E-state index in [2.05, 4.69) is 125 Å². The number of methoxy groups -OCH3 is 1. The second-order valence-electron chi connectivity index (χ2n) is 27.0. The summed E-state index contributed by atoms with van der Waals surface area (Å²) in [4.78, 5) is 14.8. The van der Waals surface area contributed by atoms with Gasteiger partial charge in [-0.15, -0.1) is 0 Å². The fourth-order valence-electron chi connectivity index (χ4n) is 12.9. The highest BCUT2D eigenvalue weighted by Crippen LogP contribution is 2.54. The Balaban J connectivity index is 1.08. The Kier molecular flexibility index (Phi) is 20.9. The number of ketones is 1. The van der Waals surface area contributed by atoms with Gasteiger partial charge in [0, 0.05) is 64.6 Å². The summed E-state index contributed by atoms with van der Waals surface area (Å²) in [5.74, 6) is -0.724. The van der Waals surface area contributed by atoms with Crippen LogP contribution >= 0.6 is 15.9 Å². The molecule has 0 aromatic carbocycles. The molecule has 0 spiro atoms. The number of hydrogen-bond donors (Lipinski definition) is 1. The number of hydrogen-bond acceptors (Lipinski definition) is 13. The summed E-state index contributed by atoms with van der Waals surface area (Å²) in [6, 6.07) is 3.45. The van der Waals surface area contributed by atoms with Crippen LogP contribution in [-0.2, 0) is 56.0 Å². The second-order valence-corrected chi connectivity index (χ2v) is 42.5. The molecule has 8 fully saturated rings. The van der Waals surface area contributed by atoms with Crippen molar-refractivity contribution < 1.29 is 61.1 Å². The predicted octanol–water partition coefficient (Wildman–Crippen LogP) is 12.5. The summed E-state index contributed by atoms with van der Waals surface area (Å²) in [7, 11) is -4.29. The molecule has 75 heavy (non-hydrogen) atoms. The molecular formula is C58H103BrO13Si3. The van der Waals surface area contributed by atoms with Gasteiger partial charge in [0.05, 0.1) is 67.6 Å². The topological polar surface area (TPSA) is 139 Å². The van der Waals surface area contributed by atoms with E-state index in [1.807, 2.05) is 0 Å². The molecule has 0 radical (unpaired) electrons. The van der Waals surface area contributed by atoms with Crippen LogP contribution in [0, 0.1) is 11.8 Å². The van der Waals surface area contributed by atoms with Crippen LogP contribution in [-0.4, -0.2) is 154 Å². The first kappa shape index (κ1) is 62.4. The zero-order valence-corrected chi connectivity index (χ0v) is 53.8. The molecule has 14 unspecified atom stereocenters. The largest absolute Gasteiger partial charge is 0.417 e. The van der Waals surface area contributed by atoms with E-state index in [1.54, 1.807) is 7.11 Å². The van der Waals surface area contributed by atoms with Gasteiger partial charge in [0.25, 0.3) is 0 Å². The molecule has 8 saturated heterocycles. The number of aliphatic hydroxyl groups excluding tert-OH is 1. The van der Waals surface area contributed by atoms with E-state index in [0.717, 1.165) is 60.5 Å². The van der Waals surface area contributed by atoms with Crippen molar-refractivity contribution in [2.24, 2.45) is 11.8 Å². The third-order valence-electron chi connectivity index (χ3n) is 19.8. The van der Waals surface area contributed by atoms with Crippen LogP contribution in [0.4, 0.5) is 0 Å². The number of ether oxygens (including phenoxy) is 8. The summed E-state index contributed by atoms with van der Waals surface area (Å²) in [5.41, 5.74) is 1.09. The van der Waals surface area contributed by atoms with Gasteiger partial charge < -0.3 is 56.3 Å². The summed E-state index contributed by atoms with van der Waals surface area (Å²) < 4.78 is 76.5. The first-order valence-electron chi connectivity index (χ1n) is 29.4. The molecule has 13 nitrogen and oxygen atoms in total. The van der Waals surface area contributed by atoms with Crippen LogP contribution < -0.4 is 0 Å². The highest BCUT2D eigenvalue weighted by atomic mass is 79.9. The van der Waals surface area contributed by atoms with E-state index in [0.29, 0.717) is 57.5 Å². The monoisotopic (exact) mass is 1170 g/mol. The molecule has 8 aliphatic rings. The van der Waals surface area contributed by atoms with Crippen LogP contribution in [0.2, 0.25) is 54.4 Å². The molecule has 0 aliphatic carbocycles. The number of halogens is 1. The van der Waals surface area contributed by atoms with Gasteiger partial charge in [-0.05, 0) is 109 Å². The molecule has 8 aliphatic heterocycles. The van der Waals surface area contributed by atoms with Gasteiger partial charge in [-0.1, -0.05) is 98.3 Å². The van der Waals surface area contributed by atoms with Crippen molar-refractivity contribution in [1.82, 2.24) is 0 Å². The fraction of sp³-hybridized carbons (Fsp3) is 0.914. The Morgan fingerprint density at radius 1 is 0.827 bits per heavy atom. The van der Waals surface area contributed by atoms with Gasteiger partial charge in [0.15, 0.2) is 30.7 Å². The van der Waals surface area contributed by atoms with E-state index in [9.17, 15) is 9.90 Å². The van der Waals surface area contributed by atoms with Crippen LogP contribution in [0.1, 0.15) is 153 Å². The van der Waals surface area contributed by atoms with Crippen molar-refractivity contribution in [3.63, 3.8) is 0 Å². The number of aliphatic hydroxyl groups is 1. The third kappa shape index (κ3) is 14.5. The maximum absolute atomic E-state index is 14.8. The number of fused-ring (bicyclic) bond motifs is 1. The van der Waals surface area contributed by atoms with Crippen molar-refractivity contribution >= 4 is 46.7 Å². The normalized spacial score (nSPS) is 36.9. The molecule has 0 amide bonds. The highest BCUT2D eigenvalue weighted by molar-refractivity contribution is 9.11. The zero-order chi connectivity index (χ0) is 55.1. The Morgan fingerprint density at radius 3 is 2.12 bits per heavy atom. The molecule has 1 N–H and O–H groups in total. The maximum Gasteiger partial charge on any atom is 0.192 e. The summed E-state index contributed by atoms with van der Waals surface area (Å²) in [6.07, 6.45) is 3.86. The fourth-order valence-corrected chi connectivity index (χ4v) is 18.3. The van der Waals surface area contributed by atoms with Crippen LogP contribution in [0.5, 0.6) is 0 Å². The van der Waals surface area contributed by atoms with Gasteiger partial charge in [-0.25, -0.2) is 0 Å². The molecule has 8 heterocycles. The van der Waals surface area contributed by atoms with E-state index < -0.39 is 49.1 Å². The SMILES string of the molecule is C=C(Br)CC(O)CC[C@@]12CC3OC4C(O1)[C@H]1OC(CC(=O)CC5C(CC6OC(CCCO[Si](CC)(CC)CC)CC(C)C6=C)OC(CC(CO[Si](C)(C)C(C)(C)C)O[Si](C)(C)C(C)(C)C)[C@@H]5OC)CCC1O[C@H]4C3O2. The zero-order valence-electron chi connectivity index (χ0n) is 49.2. The summed E-state index contributed by atoms with van der Waals surface area (Å²) in [6.45, 7) is 41.8. The number of carbonyl (C=O) groups excluding carboxylic acids is 1. The van der Waals surface area contributed by atoms with Gasteiger partial charge in [-0.3, -0.25) is 4.79 Å². The minimum absolute atomic E-state index is 0.00816. The van der Waals surface area contributed by atoms with Crippen LogP contribution in [0.25, 0.3) is 0 Å². The third-order valence-corrected chi connectivity index (χ3v) is 33.9. The summed E-state index contributed by atoms with van der Waals surface area (Å²) in [5, 5.41) is 10.8. The molecule has 432 valence electrons. The highest BCUT2D eigenvalue weighted by Gasteiger charge is 2.69. The Bertz CT molecular complexity index is 1910. The quantitative estimate of drug-likeness (QED) is 0.0475. The van der Waals surface area contributed by atoms with Gasteiger partial charge in [-0.2, -0.15) is 0 Å². The number of Topliss-reactive ketones (excluding diaryl/α,β-unsaturated/α-hetero) is 1. The van der Waals surface area contributed by atoms with Crippen molar-refractivity contribution in [1.29, 1.82) is 0 Å². The van der Waals surface area contributed by atoms with Gasteiger partial charge in [0.1, 0.15) is 36.3 Å². The Labute approximate surface area is 465 Å². The Hall–Kier alpha value is -0.199. The van der Waals surface area contributed by atoms with E-state index >= 15 is 0 Å². The standard InChI is InChI=1S/C58H103BrO13Si3/c1-18-75(19-2,20-3)63-27-21-22-41-28-36(4)38(6)46(65-41)33-47-44(50(62-13)48(67-47)32-43(72-74(16,17)57(10,11)12)35-64-73(14,15)56(7,8)9)31-40(61)30-42-23-24-45-51(66-42)55-54-53(68-45)52-49(69-54)34-58(70-52,71-55)26-25-39(60)29-37(5)59/h36,39,41-55,60H,5-6,18-35H2,1-4,7-17H3/t36?,39?,41?,42?,43?,44?,45?,46?,47?,48?,49?,50-,51+,52?,53+,54?,55?,58+/m1/s1. The smallest absolute Gasteiger partial charge is 0.192 e. The van der Waals surface area contributed by atoms with E-state index in [-0.39, 0.29) is 108 Å².